The van der Waals surface area contributed by atoms with E-state index in [1.807, 2.05) is 0 Å². The van der Waals surface area contributed by atoms with Crippen molar-refractivity contribution in [3.8, 4) is 11.5 Å². The van der Waals surface area contributed by atoms with Crippen LogP contribution in [0.2, 0.25) is 0 Å². The van der Waals surface area contributed by atoms with Crippen LogP contribution < -0.4 is 15.1 Å². The van der Waals surface area contributed by atoms with E-state index in [1.54, 1.807) is 42.5 Å². The van der Waals surface area contributed by atoms with Crippen molar-refractivity contribution in [1.82, 2.24) is 0 Å². The lowest BCUT2D eigenvalue weighted by Crippen LogP contribution is -2.15. The molecule has 5 heteroatoms. The highest BCUT2D eigenvalue weighted by Crippen LogP contribution is 2.26. The van der Waals surface area contributed by atoms with E-state index in [1.165, 1.54) is 20.3 Å². The average molecular weight is 310 g/mol. The molecule has 0 amide bonds. The van der Waals surface area contributed by atoms with Gasteiger partial charge >= 0.3 is 5.63 Å². The Morgan fingerprint density at radius 3 is 2.35 bits per heavy atom. The first-order chi connectivity index (χ1) is 11.2. The van der Waals surface area contributed by atoms with Gasteiger partial charge < -0.3 is 13.9 Å². The third kappa shape index (κ3) is 2.57. The highest BCUT2D eigenvalue weighted by molar-refractivity contribution is 6.11. The molecule has 0 atom stereocenters. The molecule has 0 aliphatic rings. The van der Waals surface area contributed by atoms with E-state index in [2.05, 4.69) is 0 Å². The third-order valence-electron chi connectivity index (χ3n) is 3.54. The number of para-hydroxylation sites is 2. The summed E-state index contributed by atoms with van der Waals surface area (Å²) in [4.78, 5) is 24.9. The fourth-order valence-electron chi connectivity index (χ4n) is 2.41. The van der Waals surface area contributed by atoms with Gasteiger partial charge in [-0.2, -0.15) is 0 Å². The van der Waals surface area contributed by atoms with Crippen LogP contribution in [0, 0.1) is 0 Å². The number of benzene rings is 2. The summed E-state index contributed by atoms with van der Waals surface area (Å²) in [5, 5.41) is 0.613. The monoisotopic (exact) mass is 310 g/mol. The Morgan fingerprint density at radius 2 is 1.61 bits per heavy atom. The predicted molar refractivity (Wildman–Crippen MR) is 85.5 cm³/mol. The Balaban J connectivity index is 2.19. The SMILES string of the molecule is COc1ccccc1C(=O)c1cc2cccc(OC)c2oc1=O. The van der Waals surface area contributed by atoms with Crippen LogP contribution in [0.25, 0.3) is 11.0 Å². The zero-order valence-corrected chi connectivity index (χ0v) is 12.7. The van der Waals surface area contributed by atoms with Gasteiger partial charge in [0.2, 0.25) is 5.78 Å². The molecule has 0 bridgehead atoms. The number of methoxy groups -OCH3 is 2. The van der Waals surface area contributed by atoms with E-state index < -0.39 is 11.4 Å². The number of hydrogen-bond acceptors (Lipinski definition) is 5. The van der Waals surface area contributed by atoms with Crippen LogP contribution in [0.4, 0.5) is 0 Å². The van der Waals surface area contributed by atoms with E-state index in [0.717, 1.165) is 0 Å². The summed E-state index contributed by atoms with van der Waals surface area (Å²) in [6.45, 7) is 0. The first kappa shape index (κ1) is 14.8. The molecule has 116 valence electrons. The van der Waals surface area contributed by atoms with Gasteiger partial charge in [-0.25, -0.2) is 4.79 Å². The molecule has 0 spiro atoms. The molecule has 1 heterocycles. The topological polar surface area (TPSA) is 65.7 Å². The molecule has 5 nitrogen and oxygen atoms in total. The van der Waals surface area contributed by atoms with Gasteiger partial charge in [0.15, 0.2) is 11.3 Å². The molecule has 2 aromatic carbocycles. The lowest BCUT2D eigenvalue weighted by Gasteiger charge is -2.08. The molecule has 0 radical (unpaired) electrons. The quantitative estimate of drug-likeness (QED) is 0.547. The Bertz CT molecular complexity index is 940. The molecule has 0 fully saturated rings. The van der Waals surface area contributed by atoms with Crippen molar-refractivity contribution in [2.45, 2.75) is 0 Å². The lowest BCUT2D eigenvalue weighted by molar-refractivity contribution is 0.103. The fraction of sp³-hybridized carbons (Fsp3) is 0.111. The summed E-state index contributed by atoms with van der Waals surface area (Å²) in [5.41, 5.74) is -0.130. The second-order valence-corrected chi connectivity index (χ2v) is 4.86. The summed E-state index contributed by atoms with van der Waals surface area (Å²) in [7, 11) is 2.96. The van der Waals surface area contributed by atoms with Crippen molar-refractivity contribution in [3.63, 3.8) is 0 Å². The molecule has 0 aliphatic carbocycles. The highest BCUT2D eigenvalue weighted by Gasteiger charge is 2.19. The van der Waals surface area contributed by atoms with E-state index >= 15 is 0 Å². The fourth-order valence-corrected chi connectivity index (χ4v) is 2.41. The van der Waals surface area contributed by atoms with Crippen molar-refractivity contribution < 1.29 is 18.7 Å². The first-order valence-corrected chi connectivity index (χ1v) is 6.94. The van der Waals surface area contributed by atoms with Gasteiger partial charge in [-0.3, -0.25) is 4.79 Å². The molecule has 23 heavy (non-hydrogen) atoms. The minimum Gasteiger partial charge on any atom is -0.496 e. The van der Waals surface area contributed by atoms with Gasteiger partial charge in [0, 0.05) is 5.39 Å². The minimum absolute atomic E-state index is 0.0461. The molecule has 0 saturated carbocycles. The largest absolute Gasteiger partial charge is 0.496 e. The molecule has 0 N–H and O–H groups in total. The third-order valence-corrected chi connectivity index (χ3v) is 3.54. The smallest absolute Gasteiger partial charge is 0.347 e. The number of carbonyl (C=O) groups excluding carboxylic acids is 1. The van der Waals surface area contributed by atoms with Gasteiger partial charge in [0.1, 0.15) is 11.3 Å². The first-order valence-electron chi connectivity index (χ1n) is 6.94. The second kappa shape index (κ2) is 5.96. The summed E-state index contributed by atoms with van der Waals surface area (Å²) in [6, 6.07) is 13.4. The summed E-state index contributed by atoms with van der Waals surface area (Å²) in [5.74, 6) is 0.402. The number of fused-ring (bicyclic) bond motifs is 1. The van der Waals surface area contributed by atoms with Crippen LogP contribution in [0.3, 0.4) is 0 Å². The molecule has 3 aromatic rings. The maximum atomic E-state index is 12.7. The summed E-state index contributed by atoms with van der Waals surface area (Å²) < 4.78 is 15.6. The Labute approximate surface area is 132 Å². The lowest BCUT2D eigenvalue weighted by atomic mass is 10.0. The number of carbonyl (C=O) groups is 1. The van der Waals surface area contributed by atoms with E-state index in [-0.39, 0.29) is 5.56 Å². The zero-order chi connectivity index (χ0) is 16.4. The van der Waals surface area contributed by atoms with E-state index in [0.29, 0.717) is 28.0 Å². The molecule has 1 aromatic heterocycles. The molecular weight excluding hydrogens is 296 g/mol. The number of ketones is 1. The van der Waals surface area contributed by atoms with Crippen LogP contribution in [0.1, 0.15) is 15.9 Å². The van der Waals surface area contributed by atoms with Crippen molar-refractivity contribution in [2.75, 3.05) is 14.2 Å². The number of ether oxygens (including phenoxy) is 2. The van der Waals surface area contributed by atoms with Gasteiger partial charge in [0.05, 0.1) is 19.8 Å². The number of hydrogen-bond donors (Lipinski definition) is 0. The zero-order valence-electron chi connectivity index (χ0n) is 12.7. The van der Waals surface area contributed by atoms with Crippen molar-refractivity contribution in [2.24, 2.45) is 0 Å². The molecule has 0 saturated heterocycles. The van der Waals surface area contributed by atoms with Crippen LogP contribution in [-0.4, -0.2) is 20.0 Å². The molecule has 3 rings (SSSR count). The Morgan fingerprint density at radius 1 is 0.913 bits per heavy atom. The molecule has 0 unspecified atom stereocenters. The Hall–Kier alpha value is -3.08. The average Bonchev–Trinajstić information content (AvgIpc) is 2.60. The standard InChI is InChI=1S/C18H14O5/c1-21-14-8-4-3-7-12(14)16(19)13-10-11-6-5-9-15(22-2)17(11)23-18(13)20/h3-10H,1-2H3. The van der Waals surface area contributed by atoms with Crippen molar-refractivity contribution >= 4 is 16.8 Å². The maximum Gasteiger partial charge on any atom is 0.347 e. The minimum atomic E-state index is -0.710. The molecule has 0 aliphatic heterocycles. The van der Waals surface area contributed by atoms with Gasteiger partial charge in [-0.15, -0.1) is 0 Å². The molecular formula is C18H14O5. The van der Waals surface area contributed by atoms with Crippen LogP contribution >= 0.6 is 0 Å². The van der Waals surface area contributed by atoms with Gasteiger partial charge in [-0.05, 0) is 24.3 Å². The predicted octanol–water partition coefficient (Wildman–Crippen LogP) is 3.04. The van der Waals surface area contributed by atoms with Crippen molar-refractivity contribution in [1.29, 1.82) is 0 Å². The van der Waals surface area contributed by atoms with Crippen LogP contribution in [0.15, 0.2) is 57.7 Å². The maximum absolute atomic E-state index is 12.7. The second-order valence-electron chi connectivity index (χ2n) is 4.86. The van der Waals surface area contributed by atoms with Gasteiger partial charge in [-0.1, -0.05) is 24.3 Å². The summed E-state index contributed by atoms with van der Waals surface area (Å²) in [6.07, 6.45) is 0. The highest BCUT2D eigenvalue weighted by atomic mass is 16.5. The van der Waals surface area contributed by atoms with E-state index in [4.69, 9.17) is 13.9 Å². The number of rotatable bonds is 4. The van der Waals surface area contributed by atoms with Gasteiger partial charge in [0.25, 0.3) is 0 Å². The Kier molecular flexibility index (Phi) is 3.85. The normalized spacial score (nSPS) is 10.5. The summed E-state index contributed by atoms with van der Waals surface area (Å²) >= 11 is 0. The van der Waals surface area contributed by atoms with Crippen molar-refractivity contribution in [3.05, 3.63) is 70.1 Å². The van der Waals surface area contributed by atoms with E-state index in [9.17, 15) is 9.59 Å². The van der Waals surface area contributed by atoms with Crippen LogP contribution in [0.5, 0.6) is 11.5 Å². The van der Waals surface area contributed by atoms with Crippen LogP contribution in [-0.2, 0) is 0 Å².